The highest BCUT2D eigenvalue weighted by molar-refractivity contribution is 8.00. The number of thioether (sulfide) groups is 2. The highest BCUT2D eigenvalue weighted by Gasteiger charge is 2.11. The number of aliphatic carboxylic acids is 2. The number of carboxylic acids is 2. The van der Waals surface area contributed by atoms with Crippen molar-refractivity contribution in [3.8, 4) is 0 Å². The molecule has 0 saturated heterocycles. The minimum Gasteiger partial charge on any atom is -0.481 e. The Morgan fingerprint density at radius 3 is 2.27 bits per heavy atom. The summed E-state index contributed by atoms with van der Waals surface area (Å²) in [6, 6.07) is 9.49. The van der Waals surface area contributed by atoms with Crippen LogP contribution in [-0.4, -0.2) is 52.0 Å². The maximum atomic E-state index is 10.1. The fraction of sp³-hybridized carbons (Fsp3) is 0.429. The topological polar surface area (TPSA) is 127 Å². The lowest BCUT2D eigenvalue weighted by atomic mass is 10.2. The predicted molar refractivity (Wildman–Crippen MR) is 92.2 cm³/mol. The van der Waals surface area contributed by atoms with Crippen LogP contribution in [0, 0.1) is 0 Å². The summed E-state index contributed by atoms with van der Waals surface area (Å²) >= 11 is 2.87. The molecule has 0 bridgehead atoms. The number of carbonyl (C=O) groups is 2. The van der Waals surface area contributed by atoms with E-state index >= 15 is 0 Å². The van der Waals surface area contributed by atoms with Gasteiger partial charge in [-0.2, -0.15) is 11.8 Å². The average Bonchev–Trinajstić information content (AvgIpc) is 2.48. The summed E-state index contributed by atoms with van der Waals surface area (Å²) in [5.41, 5.74) is 11.8. The molecule has 0 amide bonds. The summed E-state index contributed by atoms with van der Waals surface area (Å²) < 4.78 is 0. The molecule has 0 aliphatic rings. The van der Waals surface area contributed by atoms with Gasteiger partial charge in [0, 0.05) is 23.8 Å². The number of nitrogens with two attached hydrogens (primary N) is 2. The first-order valence-electron chi connectivity index (χ1n) is 6.57. The van der Waals surface area contributed by atoms with E-state index in [2.05, 4.69) is 24.3 Å². The predicted octanol–water partition coefficient (Wildman–Crippen LogP) is 1.09. The van der Waals surface area contributed by atoms with Crippen molar-refractivity contribution in [2.24, 2.45) is 11.5 Å². The molecular weight excluding hydrogens is 324 g/mol. The summed E-state index contributed by atoms with van der Waals surface area (Å²) in [6.07, 6.45) is 0. The summed E-state index contributed by atoms with van der Waals surface area (Å²) in [5.74, 6) is 0.0747. The van der Waals surface area contributed by atoms with Crippen molar-refractivity contribution in [3.05, 3.63) is 35.9 Å². The van der Waals surface area contributed by atoms with Gasteiger partial charge in [-0.15, -0.1) is 11.8 Å². The van der Waals surface area contributed by atoms with Gasteiger partial charge in [0.25, 0.3) is 0 Å². The molecule has 0 aromatic heterocycles. The molecule has 0 radical (unpaired) electrons. The second kappa shape index (κ2) is 13.4. The Bertz CT molecular complexity index is 432. The second-order valence-corrected chi connectivity index (χ2v) is 6.32. The fourth-order valence-corrected chi connectivity index (χ4v) is 2.62. The molecule has 0 saturated carbocycles. The highest BCUT2D eigenvalue weighted by atomic mass is 32.2. The Labute approximate surface area is 138 Å². The molecule has 0 spiro atoms. The van der Waals surface area contributed by atoms with Gasteiger partial charge in [0.2, 0.25) is 0 Å². The standard InChI is InChI=1S/C9H13NS.C5H9NO4S/c10-6-7-11-8-9-4-2-1-3-5-9;6-3(5(9)10)1-11-2-4(7)8/h1-5H,6-8,10H2;3H,1-2,6H2,(H,7,8)(H,9,10)/t;3-/m.0/s1. The molecule has 1 atom stereocenters. The first-order valence-corrected chi connectivity index (χ1v) is 8.88. The van der Waals surface area contributed by atoms with Crippen molar-refractivity contribution in [2.75, 3.05) is 23.8 Å². The molecule has 0 aliphatic heterocycles. The van der Waals surface area contributed by atoms with Crippen molar-refractivity contribution in [1.82, 2.24) is 0 Å². The van der Waals surface area contributed by atoms with E-state index in [-0.39, 0.29) is 11.5 Å². The molecule has 6 N–H and O–H groups in total. The van der Waals surface area contributed by atoms with Gasteiger partial charge in [-0.25, -0.2) is 0 Å². The Hall–Kier alpha value is -1.22. The van der Waals surface area contributed by atoms with Crippen LogP contribution >= 0.6 is 23.5 Å². The molecule has 0 fully saturated rings. The van der Waals surface area contributed by atoms with Crippen LogP contribution in [0.5, 0.6) is 0 Å². The molecule has 1 rings (SSSR count). The zero-order valence-electron chi connectivity index (χ0n) is 12.2. The molecule has 0 unspecified atom stereocenters. The summed E-state index contributed by atoms with van der Waals surface area (Å²) in [6.45, 7) is 0.775. The van der Waals surface area contributed by atoms with E-state index < -0.39 is 18.0 Å². The van der Waals surface area contributed by atoms with Crippen LogP contribution in [0.2, 0.25) is 0 Å². The van der Waals surface area contributed by atoms with Crippen LogP contribution in [0.1, 0.15) is 5.56 Å². The Morgan fingerprint density at radius 2 is 1.77 bits per heavy atom. The molecule has 6 nitrogen and oxygen atoms in total. The first-order chi connectivity index (χ1) is 10.5. The van der Waals surface area contributed by atoms with Gasteiger partial charge >= 0.3 is 11.9 Å². The molecule has 1 aromatic carbocycles. The van der Waals surface area contributed by atoms with Gasteiger partial charge < -0.3 is 21.7 Å². The Balaban J connectivity index is 0.000000401. The zero-order chi connectivity index (χ0) is 16.8. The lowest BCUT2D eigenvalue weighted by Gasteiger charge is -2.02. The fourth-order valence-electron chi connectivity index (χ4n) is 1.19. The van der Waals surface area contributed by atoms with Crippen molar-refractivity contribution >= 4 is 35.5 Å². The van der Waals surface area contributed by atoms with Crippen molar-refractivity contribution in [2.45, 2.75) is 11.8 Å². The van der Waals surface area contributed by atoms with E-state index in [9.17, 15) is 9.59 Å². The number of hydrogen-bond donors (Lipinski definition) is 4. The van der Waals surface area contributed by atoms with Crippen LogP contribution in [0.25, 0.3) is 0 Å². The summed E-state index contributed by atoms with van der Waals surface area (Å²) in [5, 5.41) is 16.4. The molecular formula is C14H22N2O4S2. The maximum absolute atomic E-state index is 10.1. The van der Waals surface area contributed by atoms with Gasteiger partial charge in [0.15, 0.2) is 0 Å². The maximum Gasteiger partial charge on any atom is 0.321 e. The van der Waals surface area contributed by atoms with E-state index in [4.69, 9.17) is 21.7 Å². The molecule has 22 heavy (non-hydrogen) atoms. The monoisotopic (exact) mass is 346 g/mol. The normalized spacial score (nSPS) is 11.2. The summed E-state index contributed by atoms with van der Waals surface area (Å²) in [4.78, 5) is 20.0. The highest BCUT2D eigenvalue weighted by Crippen LogP contribution is 2.10. The second-order valence-electron chi connectivity index (χ2n) is 4.18. The lowest BCUT2D eigenvalue weighted by Crippen LogP contribution is -2.32. The first kappa shape index (κ1) is 20.8. The molecule has 0 heterocycles. The van der Waals surface area contributed by atoms with Crippen LogP contribution in [-0.2, 0) is 15.3 Å². The Kier molecular flexibility index (Phi) is 12.7. The zero-order valence-corrected chi connectivity index (χ0v) is 13.8. The largest absolute Gasteiger partial charge is 0.481 e. The van der Waals surface area contributed by atoms with Crippen LogP contribution in [0.15, 0.2) is 30.3 Å². The SMILES string of the molecule is NCCSCc1ccccc1.N[C@@H](CSCC(=O)O)C(=O)O. The number of rotatable bonds is 9. The van der Waals surface area contributed by atoms with Crippen LogP contribution in [0.4, 0.5) is 0 Å². The Morgan fingerprint density at radius 1 is 1.14 bits per heavy atom. The third kappa shape index (κ3) is 12.5. The van der Waals surface area contributed by atoms with E-state index in [0.717, 1.165) is 29.8 Å². The summed E-state index contributed by atoms with van der Waals surface area (Å²) in [7, 11) is 0. The third-order valence-electron chi connectivity index (χ3n) is 2.21. The van der Waals surface area contributed by atoms with E-state index in [1.807, 2.05) is 17.8 Å². The molecule has 8 heteroatoms. The molecule has 124 valence electrons. The van der Waals surface area contributed by atoms with E-state index in [1.165, 1.54) is 5.56 Å². The molecule has 0 aliphatic carbocycles. The van der Waals surface area contributed by atoms with Gasteiger partial charge in [-0.05, 0) is 5.56 Å². The van der Waals surface area contributed by atoms with Gasteiger partial charge in [-0.3, -0.25) is 9.59 Å². The van der Waals surface area contributed by atoms with E-state index in [1.54, 1.807) is 0 Å². The number of hydrogen-bond acceptors (Lipinski definition) is 6. The third-order valence-corrected chi connectivity index (χ3v) is 4.32. The number of carboxylic acid groups (broad SMARTS) is 2. The quantitative estimate of drug-likeness (QED) is 0.490. The lowest BCUT2D eigenvalue weighted by molar-refractivity contribution is -0.138. The minimum absolute atomic E-state index is 0.110. The smallest absolute Gasteiger partial charge is 0.321 e. The van der Waals surface area contributed by atoms with Crippen molar-refractivity contribution < 1.29 is 19.8 Å². The van der Waals surface area contributed by atoms with Crippen molar-refractivity contribution in [1.29, 1.82) is 0 Å². The minimum atomic E-state index is -1.11. The molecule has 1 aromatic rings. The van der Waals surface area contributed by atoms with Crippen molar-refractivity contribution in [3.63, 3.8) is 0 Å². The average molecular weight is 346 g/mol. The van der Waals surface area contributed by atoms with Crippen LogP contribution < -0.4 is 11.5 Å². The van der Waals surface area contributed by atoms with Crippen LogP contribution in [0.3, 0.4) is 0 Å². The van der Waals surface area contributed by atoms with Gasteiger partial charge in [0.1, 0.15) is 6.04 Å². The van der Waals surface area contributed by atoms with Gasteiger partial charge in [0.05, 0.1) is 5.75 Å². The van der Waals surface area contributed by atoms with E-state index in [0.29, 0.717) is 0 Å². The van der Waals surface area contributed by atoms with Gasteiger partial charge in [-0.1, -0.05) is 30.3 Å². The number of benzene rings is 1.